The normalized spacial score (nSPS) is 12.1. The van der Waals surface area contributed by atoms with Crippen LogP contribution >= 0.6 is 11.8 Å². The third-order valence-electron chi connectivity index (χ3n) is 4.59. The van der Waals surface area contributed by atoms with Gasteiger partial charge in [-0.3, -0.25) is 0 Å². The van der Waals surface area contributed by atoms with Crippen LogP contribution in [0.2, 0.25) is 0 Å². The topological polar surface area (TPSA) is 70.0 Å². The van der Waals surface area contributed by atoms with Gasteiger partial charge in [0.25, 0.3) is 0 Å². The van der Waals surface area contributed by atoms with Gasteiger partial charge >= 0.3 is 0 Å². The summed E-state index contributed by atoms with van der Waals surface area (Å²) in [4.78, 5) is -0.377. The first-order chi connectivity index (χ1) is 14.8. The largest absolute Gasteiger partial charge is 0.348 e. The Hall–Kier alpha value is -3.08. The van der Waals surface area contributed by atoms with Crippen LogP contribution in [0.1, 0.15) is 16.7 Å². The first-order valence-corrected chi connectivity index (χ1v) is 11.9. The number of allylic oxidation sites excluding steroid dienone is 1. The van der Waals surface area contributed by atoms with E-state index in [4.69, 9.17) is 0 Å². The predicted octanol–water partition coefficient (Wildman–Crippen LogP) is 5.95. The van der Waals surface area contributed by atoms with Crippen LogP contribution in [-0.4, -0.2) is 8.42 Å². The fourth-order valence-corrected chi connectivity index (χ4v) is 5.52. The van der Waals surface area contributed by atoms with E-state index in [1.807, 2.05) is 38.1 Å². The number of hydrogen-bond acceptors (Lipinski definition) is 5. The number of rotatable bonds is 7. The Morgan fingerprint density at radius 3 is 2.35 bits per heavy atom. The zero-order valence-electron chi connectivity index (χ0n) is 17.1. The Morgan fingerprint density at radius 1 is 1.03 bits per heavy atom. The Balaban J connectivity index is 2.08. The number of nitriles is 1. The van der Waals surface area contributed by atoms with Gasteiger partial charge in [-0.05, 0) is 49.2 Å². The minimum Gasteiger partial charge on any atom is -0.348 e. The number of benzene rings is 3. The van der Waals surface area contributed by atoms with Gasteiger partial charge in [-0.1, -0.05) is 54.1 Å². The predicted molar refractivity (Wildman–Crippen MR) is 124 cm³/mol. The molecule has 0 fully saturated rings. The Bertz CT molecular complexity index is 1260. The molecule has 0 amide bonds. The fraction of sp³-hybridized carbons (Fsp3) is 0.125. The van der Waals surface area contributed by atoms with Crippen molar-refractivity contribution in [1.82, 2.24) is 0 Å². The van der Waals surface area contributed by atoms with Crippen molar-refractivity contribution in [3.8, 4) is 6.07 Å². The highest BCUT2D eigenvalue weighted by Gasteiger charge is 2.26. The number of nitrogens with one attached hydrogen (secondary N) is 1. The molecule has 0 atom stereocenters. The minimum absolute atomic E-state index is 0.0259. The maximum atomic E-state index is 14.1. The van der Waals surface area contributed by atoms with Crippen LogP contribution in [0.4, 0.5) is 10.1 Å². The van der Waals surface area contributed by atoms with Crippen molar-refractivity contribution in [2.45, 2.75) is 24.5 Å². The number of hydrogen-bond donors (Lipinski definition) is 1. The zero-order valence-corrected chi connectivity index (χ0v) is 18.7. The van der Waals surface area contributed by atoms with Gasteiger partial charge in [0, 0.05) is 11.4 Å². The lowest BCUT2D eigenvalue weighted by atomic mass is 10.1. The van der Waals surface area contributed by atoms with Gasteiger partial charge in [0.2, 0.25) is 9.84 Å². The molecule has 0 aliphatic carbocycles. The lowest BCUT2D eigenvalue weighted by Gasteiger charge is -2.16. The Morgan fingerprint density at radius 2 is 1.71 bits per heavy atom. The molecule has 0 unspecified atom stereocenters. The van der Waals surface area contributed by atoms with E-state index in [-0.39, 0.29) is 21.5 Å². The maximum absolute atomic E-state index is 14.1. The van der Waals surface area contributed by atoms with Crippen molar-refractivity contribution in [1.29, 1.82) is 5.26 Å². The molecule has 3 aromatic rings. The molecule has 1 N–H and O–H groups in total. The minimum atomic E-state index is -4.06. The number of sulfone groups is 1. The lowest BCUT2D eigenvalue weighted by Crippen LogP contribution is -2.11. The Labute approximate surface area is 186 Å². The fourth-order valence-electron chi connectivity index (χ4n) is 2.95. The van der Waals surface area contributed by atoms with Gasteiger partial charge < -0.3 is 5.32 Å². The standard InChI is InChI=1S/C24H21FN2O2S2/c1-17-12-13-22(18(2)14-17)27-24(30-16-19-8-6-7-11-21(19)25)23(15-26)31(28,29)20-9-4-3-5-10-20/h3-14,27H,16H2,1-2H3/b24-23+. The summed E-state index contributed by atoms with van der Waals surface area (Å²) in [5, 5.41) is 13.1. The van der Waals surface area contributed by atoms with Crippen molar-refractivity contribution in [2.24, 2.45) is 0 Å². The van der Waals surface area contributed by atoms with Crippen molar-refractivity contribution < 1.29 is 12.8 Å². The van der Waals surface area contributed by atoms with E-state index in [9.17, 15) is 18.1 Å². The van der Waals surface area contributed by atoms with Crippen LogP contribution < -0.4 is 5.32 Å². The van der Waals surface area contributed by atoms with Gasteiger partial charge in [0.05, 0.1) is 4.90 Å². The van der Waals surface area contributed by atoms with Crippen molar-refractivity contribution in [3.05, 3.63) is 105 Å². The van der Waals surface area contributed by atoms with E-state index < -0.39 is 14.7 Å². The molecule has 0 aliphatic rings. The Kier molecular flexibility index (Phi) is 7.16. The first kappa shape index (κ1) is 22.6. The van der Waals surface area contributed by atoms with Crippen LogP contribution in [-0.2, 0) is 15.6 Å². The van der Waals surface area contributed by atoms with Crippen LogP contribution in [0.25, 0.3) is 0 Å². The first-order valence-electron chi connectivity index (χ1n) is 9.48. The highest BCUT2D eigenvalue weighted by atomic mass is 32.2. The number of aryl methyl sites for hydroxylation is 2. The van der Waals surface area contributed by atoms with E-state index in [1.54, 1.807) is 36.4 Å². The van der Waals surface area contributed by atoms with E-state index in [0.717, 1.165) is 22.9 Å². The van der Waals surface area contributed by atoms with Gasteiger partial charge in [0.15, 0.2) is 4.91 Å². The van der Waals surface area contributed by atoms with Gasteiger partial charge in [-0.2, -0.15) is 5.26 Å². The molecular weight excluding hydrogens is 431 g/mol. The summed E-state index contributed by atoms with van der Waals surface area (Å²) in [7, 11) is -4.06. The molecule has 0 saturated heterocycles. The molecule has 7 heteroatoms. The number of thioether (sulfide) groups is 1. The highest BCUT2D eigenvalue weighted by Crippen LogP contribution is 2.32. The maximum Gasteiger partial charge on any atom is 0.219 e. The van der Waals surface area contributed by atoms with Crippen LogP contribution in [0, 0.1) is 31.0 Å². The summed E-state index contributed by atoms with van der Waals surface area (Å²) in [6, 6.07) is 21.6. The van der Waals surface area contributed by atoms with Gasteiger partial charge in [-0.25, -0.2) is 12.8 Å². The molecule has 3 rings (SSSR count). The molecule has 0 saturated carbocycles. The molecular formula is C24H21FN2O2S2. The smallest absolute Gasteiger partial charge is 0.219 e. The van der Waals surface area contributed by atoms with Crippen LogP contribution in [0.3, 0.4) is 0 Å². The second kappa shape index (κ2) is 9.82. The third kappa shape index (κ3) is 5.35. The number of nitrogens with zero attached hydrogens (tertiary/aromatic N) is 1. The molecule has 0 spiro atoms. The number of halogens is 1. The molecule has 0 aliphatic heterocycles. The summed E-state index contributed by atoms with van der Waals surface area (Å²) in [5.74, 6) is -0.222. The van der Waals surface area contributed by atoms with E-state index in [2.05, 4.69) is 5.32 Å². The van der Waals surface area contributed by atoms with Crippen molar-refractivity contribution >= 4 is 27.3 Å². The summed E-state index contributed by atoms with van der Waals surface area (Å²) in [6.07, 6.45) is 0. The van der Waals surface area contributed by atoms with E-state index in [1.165, 1.54) is 18.2 Å². The van der Waals surface area contributed by atoms with Crippen LogP contribution in [0.15, 0.2) is 87.6 Å². The third-order valence-corrected chi connectivity index (χ3v) is 7.50. The molecule has 3 aromatic carbocycles. The second-order valence-electron chi connectivity index (χ2n) is 6.91. The van der Waals surface area contributed by atoms with Crippen molar-refractivity contribution in [3.63, 3.8) is 0 Å². The summed E-state index contributed by atoms with van der Waals surface area (Å²) in [6.45, 7) is 3.85. The SMILES string of the molecule is Cc1ccc(N/C(SCc2ccccc2F)=C(/C#N)S(=O)(=O)c2ccccc2)c(C)c1. The van der Waals surface area contributed by atoms with E-state index in [0.29, 0.717) is 11.3 Å². The lowest BCUT2D eigenvalue weighted by molar-refractivity contribution is 0.603. The van der Waals surface area contributed by atoms with Gasteiger partial charge in [0.1, 0.15) is 16.9 Å². The number of anilines is 1. The zero-order chi connectivity index (χ0) is 22.4. The summed E-state index contributed by atoms with van der Waals surface area (Å²) < 4.78 is 40.5. The highest BCUT2D eigenvalue weighted by molar-refractivity contribution is 8.04. The van der Waals surface area contributed by atoms with E-state index >= 15 is 0 Å². The van der Waals surface area contributed by atoms with Crippen molar-refractivity contribution in [2.75, 3.05) is 5.32 Å². The molecule has 0 radical (unpaired) electrons. The average molecular weight is 453 g/mol. The molecule has 4 nitrogen and oxygen atoms in total. The quantitative estimate of drug-likeness (QED) is 0.448. The van der Waals surface area contributed by atoms with Gasteiger partial charge in [-0.15, -0.1) is 11.8 Å². The second-order valence-corrected chi connectivity index (χ2v) is 9.78. The summed E-state index contributed by atoms with van der Waals surface area (Å²) in [5.41, 5.74) is 3.06. The monoisotopic (exact) mass is 452 g/mol. The summed E-state index contributed by atoms with van der Waals surface area (Å²) >= 11 is 1.08. The molecule has 0 aromatic heterocycles. The molecule has 0 bridgehead atoms. The average Bonchev–Trinajstić information content (AvgIpc) is 2.75. The molecule has 31 heavy (non-hydrogen) atoms. The van der Waals surface area contributed by atoms with Crippen LogP contribution in [0.5, 0.6) is 0 Å². The molecule has 0 heterocycles. The molecule has 158 valence electrons.